The minimum Gasteiger partial charge on any atom is -0.467 e. The summed E-state index contributed by atoms with van der Waals surface area (Å²) in [5.74, 6) is -2.98. The van der Waals surface area contributed by atoms with Crippen molar-refractivity contribution in [2.24, 2.45) is 11.8 Å². The predicted molar refractivity (Wildman–Crippen MR) is 154 cm³/mol. The Kier molecular flexibility index (Phi) is 9.14. The molecule has 5 rings (SSSR count). The third kappa shape index (κ3) is 5.91. The molecule has 2 atom stereocenters. The molecular formula is C32H37ClF3NO6. The zero-order valence-corrected chi connectivity index (χ0v) is 25.0. The second-order valence-electron chi connectivity index (χ2n) is 12.1. The Bertz CT molecular complexity index is 1340. The van der Waals surface area contributed by atoms with Gasteiger partial charge in [-0.2, -0.15) is 13.2 Å². The van der Waals surface area contributed by atoms with E-state index in [2.05, 4.69) is 12.1 Å². The number of aliphatic hydroxyl groups excluding tert-OH is 1. The third-order valence-electron chi connectivity index (χ3n) is 9.49. The first-order chi connectivity index (χ1) is 20.4. The molecule has 0 aromatic heterocycles. The Labute approximate surface area is 254 Å². The lowest BCUT2D eigenvalue weighted by Gasteiger charge is -2.51. The number of rotatable bonds is 7. The van der Waals surface area contributed by atoms with Gasteiger partial charge in [-0.05, 0) is 97.6 Å². The van der Waals surface area contributed by atoms with Gasteiger partial charge in [0, 0.05) is 22.9 Å². The minimum atomic E-state index is -5.24. The average Bonchev–Trinajstić information content (AvgIpc) is 3.29. The highest BCUT2D eigenvalue weighted by molar-refractivity contribution is 6.31. The van der Waals surface area contributed by atoms with Crippen LogP contribution in [0.4, 0.5) is 18.9 Å². The van der Waals surface area contributed by atoms with Crippen LogP contribution in [0.25, 0.3) is 0 Å². The van der Waals surface area contributed by atoms with E-state index in [1.54, 1.807) is 0 Å². The number of nitrogens with zero attached hydrogens (tertiary/aromatic N) is 1. The lowest BCUT2D eigenvalue weighted by molar-refractivity contribution is -0.183. The van der Waals surface area contributed by atoms with Gasteiger partial charge in [0.25, 0.3) is 0 Å². The predicted octanol–water partition coefficient (Wildman–Crippen LogP) is 6.29. The highest BCUT2D eigenvalue weighted by Crippen LogP contribution is 2.57. The third-order valence-corrected chi connectivity index (χ3v) is 9.73. The number of benzene rings is 2. The average molecular weight is 624 g/mol. The quantitative estimate of drug-likeness (QED) is 0.365. The normalized spacial score (nSPS) is 26.6. The number of carbonyl (C=O) groups is 2. The molecule has 1 heterocycles. The standard InChI is InChI=1S/C32H37ClF3NO6/c1-20(19-38)15-23-16-21-7-8-22(27-42-13-4-14-43-27)17-26(21)30(23)9-11-31(12-10-30,29(40)41-2)37(28(39)32(34,35)36)25-6-3-5-24(33)18-25/h3,5-8,17-18,20,23,27,38H,4,9-16,19H2,1-2H3/t20-,23+,30?,31?/m1/s1. The lowest BCUT2D eigenvalue weighted by atomic mass is 9.59. The Morgan fingerprint density at radius 3 is 2.42 bits per heavy atom. The number of hydrogen-bond donors (Lipinski definition) is 1. The summed E-state index contributed by atoms with van der Waals surface area (Å²) < 4.78 is 59.2. The van der Waals surface area contributed by atoms with Crippen LogP contribution >= 0.6 is 11.6 Å². The van der Waals surface area contributed by atoms with Gasteiger partial charge in [0.2, 0.25) is 0 Å². The first kappa shape index (κ1) is 31.8. The summed E-state index contributed by atoms with van der Waals surface area (Å²) in [5.41, 5.74) is 0.530. The number of alkyl halides is 3. The van der Waals surface area contributed by atoms with Crippen molar-refractivity contribution in [3.05, 3.63) is 64.2 Å². The molecule has 2 fully saturated rings. The number of esters is 1. The van der Waals surface area contributed by atoms with Crippen molar-refractivity contribution >= 4 is 29.2 Å². The van der Waals surface area contributed by atoms with Crippen LogP contribution in [0.2, 0.25) is 5.02 Å². The van der Waals surface area contributed by atoms with Crippen LogP contribution in [0, 0.1) is 11.8 Å². The van der Waals surface area contributed by atoms with Crippen molar-refractivity contribution in [1.82, 2.24) is 0 Å². The highest BCUT2D eigenvalue weighted by atomic mass is 35.5. The SMILES string of the molecule is COC(=O)C1(N(C(=O)C(F)(F)F)c2cccc(Cl)c2)CCC2(CC1)c1cc(C3OCCCO3)ccc1C[C@@H]2C[C@@H](C)CO. The van der Waals surface area contributed by atoms with E-state index < -0.39 is 35.3 Å². The second-order valence-corrected chi connectivity index (χ2v) is 12.5. The molecule has 43 heavy (non-hydrogen) atoms. The number of fused-ring (bicyclic) bond motifs is 2. The van der Waals surface area contributed by atoms with E-state index in [-0.39, 0.29) is 42.0 Å². The number of amides is 1. The zero-order chi connectivity index (χ0) is 31.0. The van der Waals surface area contributed by atoms with Crippen LogP contribution in [-0.2, 0) is 35.6 Å². The van der Waals surface area contributed by atoms with Crippen molar-refractivity contribution in [2.75, 3.05) is 31.8 Å². The number of halogens is 4. The Hall–Kier alpha value is -2.66. The number of ether oxygens (including phenoxy) is 3. The van der Waals surface area contributed by atoms with Crippen LogP contribution in [0.15, 0.2) is 42.5 Å². The molecule has 0 bridgehead atoms. The van der Waals surface area contributed by atoms with Gasteiger partial charge in [-0.1, -0.05) is 36.7 Å². The molecule has 11 heteroatoms. The Morgan fingerprint density at radius 1 is 1.12 bits per heavy atom. The van der Waals surface area contributed by atoms with E-state index in [1.807, 2.05) is 13.0 Å². The monoisotopic (exact) mass is 623 g/mol. The van der Waals surface area contributed by atoms with Crippen LogP contribution in [0.1, 0.15) is 68.4 Å². The van der Waals surface area contributed by atoms with E-state index in [0.717, 1.165) is 36.6 Å². The molecule has 1 saturated heterocycles. The summed E-state index contributed by atoms with van der Waals surface area (Å²) in [6.45, 7) is 3.14. The Morgan fingerprint density at radius 2 is 1.81 bits per heavy atom. The van der Waals surface area contributed by atoms with Gasteiger partial charge in [0.05, 0.1) is 20.3 Å². The van der Waals surface area contributed by atoms with Crippen LogP contribution < -0.4 is 4.90 Å². The van der Waals surface area contributed by atoms with Crippen molar-refractivity contribution in [3.8, 4) is 0 Å². The molecule has 2 aromatic rings. The van der Waals surface area contributed by atoms with Gasteiger partial charge in [-0.15, -0.1) is 0 Å². The fourth-order valence-electron chi connectivity index (χ4n) is 7.41. The van der Waals surface area contributed by atoms with E-state index in [9.17, 15) is 27.9 Å². The first-order valence-corrected chi connectivity index (χ1v) is 15.1. The number of anilines is 1. The molecule has 234 valence electrons. The summed E-state index contributed by atoms with van der Waals surface area (Å²) in [6.07, 6.45) is -2.97. The maximum atomic E-state index is 14.1. The van der Waals surface area contributed by atoms with Gasteiger partial charge < -0.3 is 19.3 Å². The number of aliphatic hydroxyl groups is 1. The van der Waals surface area contributed by atoms with Crippen LogP contribution in [0.3, 0.4) is 0 Å². The molecule has 1 saturated carbocycles. The Balaban J connectivity index is 1.58. The van der Waals surface area contributed by atoms with Gasteiger partial charge in [0.1, 0.15) is 5.54 Å². The van der Waals surface area contributed by atoms with Crippen LogP contribution in [-0.4, -0.2) is 55.6 Å². The number of hydrogen-bond acceptors (Lipinski definition) is 6. The van der Waals surface area contributed by atoms with E-state index in [1.165, 1.54) is 24.3 Å². The van der Waals surface area contributed by atoms with E-state index in [4.69, 9.17) is 25.8 Å². The fourth-order valence-corrected chi connectivity index (χ4v) is 7.59. The summed E-state index contributed by atoms with van der Waals surface area (Å²) >= 11 is 6.14. The number of methoxy groups -OCH3 is 1. The minimum absolute atomic E-state index is 0.00252. The fraction of sp³-hybridized carbons (Fsp3) is 0.562. The highest BCUT2D eigenvalue weighted by Gasteiger charge is 2.60. The van der Waals surface area contributed by atoms with Crippen molar-refractivity contribution in [2.45, 2.75) is 75.3 Å². The smallest absolute Gasteiger partial charge is 0.467 e. The molecule has 1 spiro atoms. The molecular weight excluding hydrogens is 587 g/mol. The first-order valence-electron chi connectivity index (χ1n) is 14.7. The molecule has 2 aliphatic carbocycles. The molecule has 0 radical (unpaired) electrons. The maximum absolute atomic E-state index is 14.1. The zero-order valence-electron chi connectivity index (χ0n) is 24.3. The second kappa shape index (κ2) is 12.4. The summed E-state index contributed by atoms with van der Waals surface area (Å²) in [6, 6.07) is 11.7. The van der Waals surface area contributed by atoms with Crippen molar-refractivity contribution in [3.63, 3.8) is 0 Å². The molecule has 0 unspecified atom stereocenters. The molecule has 2 aromatic carbocycles. The topological polar surface area (TPSA) is 85.3 Å². The molecule has 3 aliphatic rings. The van der Waals surface area contributed by atoms with Crippen LogP contribution in [0.5, 0.6) is 0 Å². The van der Waals surface area contributed by atoms with Gasteiger partial charge in [-0.25, -0.2) is 4.79 Å². The summed E-state index contributed by atoms with van der Waals surface area (Å²) in [5, 5.41) is 10.0. The molecule has 1 N–H and O–H groups in total. The summed E-state index contributed by atoms with van der Waals surface area (Å²) in [7, 11) is 1.12. The lowest BCUT2D eigenvalue weighted by Crippen LogP contribution is -2.63. The molecule has 1 amide bonds. The van der Waals surface area contributed by atoms with E-state index in [0.29, 0.717) is 37.4 Å². The van der Waals surface area contributed by atoms with Crippen molar-refractivity contribution < 1.29 is 42.1 Å². The maximum Gasteiger partial charge on any atom is 0.471 e. The number of carbonyl (C=O) groups excluding carboxylic acids is 2. The molecule has 1 aliphatic heterocycles. The van der Waals surface area contributed by atoms with Gasteiger partial charge >= 0.3 is 18.1 Å². The van der Waals surface area contributed by atoms with E-state index >= 15 is 0 Å². The summed E-state index contributed by atoms with van der Waals surface area (Å²) in [4.78, 5) is 27.2. The molecule has 7 nitrogen and oxygen atoms in total. The largest absolute Gasteiger partial charge is 0.471 e. The van der Waals surface area contributed by atoms with Gasteiger partial charge in [0.15, 0.2) is 6.29 Å². The van der Waals surface area contributed by atoms with Crippen molar-refractivity contribution in [1.29, 1.82) is 0 Å². The van der Waals surface area contributed by atoms with Gasteiger partial charge in [-0.3, -0.25) is 9.69 Å².